The average molecular weight is 182 g/mol. The summed E-state index contributed by atoms with van der Waals surface area (Å²) in [5.41, 5.74) is 0. The summed E-state index contributed by atoms with van der Waals surface area (Å²) >= 11 is 0. The Bertz CT molecular complexity index is 192. The largest absolute Gasteiger partial charge is 0.463 e. The van der Waals surface area contributed by atoms with Crippen LogP contribution in [-0.2, 0) is 9.53 Å². The van der Waals surface area contributed by atoms with Gasteiger partial charge in [0.25, 0.3) is 0 Å². The van der Waals surface area contributed by atoms with Crippen molar-refractivity contribution in [2.45, 2.75) is 27.2 Å². The second-order valence-electron chi connectivity index (χ2n) is 2.89. The van der Waals surface area contributed by atoms with Crippen molar-refractivity contribution in [3.05, 3.63) is 24.3 Å². The van der Waals surface area contributed by atoms with Gasteiger partial charge in [-0.25, -0.2) is 4.79 Å². The maximum absolute atomic E-state index is 10.9. The van der Waals surface area contributed by atoms with Crippen molar-refractivity contribution < 1.29 is 9.53 Å². The fourth-order valence-corrected chi connectivity index (χ4v) is 0.976. The fourth-order valence-electron chi connectivity index (χ4n) is 0.976. The molecule has 0 aliphatic heterocycles. The molecule has 1 unspecified atom stereocenters. The van der Waals surface area contributed by atoms with E-state index >= 15 is 0 Å². The quantitative estimate of drug-likeness (QED) is 0.371. The molecule has 0 aliphatic rings. The molecular formula is C11H18O2. The van der Waals surface area contributed by atoms with E-state index in [1.54, 1.807) is 6.92 Å². The summed E-state index contributed by atoms with van der Waals surface area (Å²) in [5.74, 6) is 0.228. The molecule has 0 radical (unpaired) electrons. The van der Waals surface area contributed by atoms with Crippen LogP contribution in [0.5, 0.6) is 0 Å². The minimum absolute atomic E-state index is 0.254. The molecule has 0 spiro atoms. The third kappa shape index (κ3) is 7.32. The normalized spacial score (nSPS) is 13.8. The molecule has 74 valence electrons. The first-order valence-corrected chi connectivity index (χ1v) is 4.66. The molecule has 1 atom stereocenters. The minimum Gasteiger partial charge on any atom is -0.463 e. The van der Waals surface area contributed by atoms with E-state index < -0.39 is 0 Å². The molecule has 0 amide bonds. The Morgan fingerprint density at radius 1 is 1.54 bits per heavy atom. The SMILES string of the molecule is C/C=C/C(C)C/C=C/C(=O)OCC. The molecular weight excluding hydrogens is 164 g/mol. The second-order valence-corrected chi connectivity index (χ2v) is 2.89. The number of carbonyl (C=O) groups is 1. The number of carbonyl (C=O) groups excluding carboxylic acids is 1. The predicted octanol–water partition coefficient (Wildman–Crippen LogP) is 2.71. The average Bonchev–Trinajstić information content (AvgIpc) is 2.05. The van der Waals surface area contributed by atoms with Crippen LogP contribution in [0.1, 0.15) is 27.2 Å². The van der Waals surface area contributed by atoms with E-state index in [0.29, 0.717) is 12.5 Å². The Labute approximate surface area is 80.3 Å². The molecule has 0 rings (SSSR count). The molecule has 0 N–H and O–H groups in total. The summed E-state index contributed by atoms with van der Waals surface area (Å²) in [6.07, 6.45) is 8.34. The van der Waals surface area contributed by atoms with Gasteiger partial charge in [-0.05, 0) is 26.2 Å². The monoisotopic (exact) mass is 182 g/mol. The van der Waals surface area contributed by atoms with Crippen LogP contribution in [0.2, 0.25) is 0 Å². The van der Waals surface area contributed by atoms with Gasteiger partial charge in [-0.1, -0.05) is 25.2 Å². The Kier molecular flexibility index (Phi) is 6.98. The smallest absolute Gasteiger partial charge is 0.330 e. The lowest BCUT2D eigenvalue weighted by Crippen LogP contribution is -1.99. The number of hydrogen-bond donors (Lipinski definition) is 0. The highest BCUT2D eigenvalue weighted by atomic mass is 16.5. The maximum Gasteiger partial charge on any atom is 0.330 e. The van der Waals surface area contributed by atoms with Gasteiger partial charge >= 0.3 is 5.97 Å². The van der Waals surface area contributed by atoms with Crippen molar-refractivity contribution in [2.75, 3.05) is 6.61 Å². The molecule has 2 nitrogen and oxygen atoms in total. The topological polar surface area (TPSA) is 26.3 Å². The lowest BCUT2D eigenvalue weighted by molar-refractivity contribution is -0.137. The van der Waals surface area contributed by atoms with E-state index in [1.165, 1.54) is 6.08 Å². The summed E-state index contributed by atoms with van der Waals surface area (Å²) in [7, 11) is 0. The highest BCUT2D eigenvalue weighted by molar-refractivity contribution is 5.81. The van der Waals surface area contributed by atoms with Crippen molar-refractivity contribution in [1.82, 2.24) is 0 Å². The molecule has 2 heteroatoms. The van der Waals surface area contributed by atoms with Gasteiger partial charge in [-0.3, -0.25) is 0 Å². The molecule has 0 aromatic heterocycles. The van der Waals surface area contributed by atoms with Crippen LogP contribution in [0.4, 0.5) is 0 Å². The zero-order valence-corrected chi connectivity index (χ0v) is 8.62. The van der Waals surface area contributed by atoms with Gasteiger partial charge in [-0.2, -0.15) is 0 Å². The van der Waals surface area contributed by atoms with Gasteiger partial charge in [0.05, 0.1) is 6.61 Å². The van der Waals surface area contributed by atoms with Gasteiger partial charge in [0.15, 0.2) is 0 Å². The van der Waals surface area contributed by atoms with Crippen LogP contribution in [-0.4, -0.2) is 12.6 Å². The summed E-state index contributed by atoms with van der Waals surface area (Å²) in [6.45, 7) is 6.34. The molecule has 13 heavy (non-hydrogen) atoms. The summed E-state index contributed by atoms with van der Waals surface area (Å²) < 4.78 is 4.74. The standard InChI is InChI=1S/C11H18O2/c1-4-7-10(3)8-6-9-11(12)13-5-2/h4,6-7,9-10H,5,8H2,1-3H3/b7-4+,9-6+. The van der Waals surface area contributed by atoms with E-state index in [2.05, 4.69) is 13.0 Å². The molecule has 0 saturated carbocycles. The lowest BCUT2D eigenvalue weighted by atomic mass is 10.1. The van der Waals surface area contributed by atoms with Gasteiger partial charge in [0, 0.05) is 6.08 Å². The van der Waals surface area contributed by atoms with E-state index in [1.807, 2.05) is 19.1 Å². The Balaban J connectivity index is 3.67. The molecule has 0 heterocycles. The van der Waals surface area contributed by atoms with Gasteiger partial charge in [0.1, 0.15) is 0 Å². The summed E-state index contributed by atoms with van der Waals surface area (Å²) in [5, 5.41) is 0. The Hall–Kier alpha value is -1.05. The summed E-state index contributed by atoms with van der Waals surface area (Å²) in [6, 6.07) is 0. The van der Waals surface area contributed by atoms with E-state index in [-0.39, 0.29) is 5.97 Å². The van der Waals surface area contributed by atoms with Crippen molar-refractivity contribution >= 4 is 5.97 Å². The van der Waals surface area contributed by atoms with Gasteiger partial charge in [-0.15, -0.1) is 0 Å². The third-order valence-electron chi connectivity index (χ3n) is 1.57. The van der Waals surface area contributed by atoms with Crippen molar-refractivity contribution in [3.8, 4) is 0 Å². The van der Waals surface area contributed by atoms with Gasteiger partial charge in [0.2, 0.25) is 0 Å². The van der Waals surface area contributed by atoms with Crippen LogP contribution < -0.4 is 0 Å². The first-order valence-electron chi connectivity index (χ1n) is 4.66. The van der Waals surface area contributed by atoms with Gasteiger partial charge < -0.3 is 4.74 Å². The first-order chi connectivity index (χ1) is 6.20. The Morgan fingerprint density at radius 3 is 2.77 bits per heavy atom. The molecule has 0 bridgehead atoms. The van der Waals surface area contributed by atoms with Crippen LogP contribution in [0, 0.1) is 5.92 Å². The Morgan fingerprint density at radius 2 is 2.23 bits per heavy atom. The first kappa shape index (κ1) is 11.9. The highest BCUT2D eigenvalue weighted by Crippen LogP contribution is 2.04. The molecule has 0 aliphatic carbocycles. The summed E-state index contributed by atoms with van der Waals surface area (Å²) in [4.78, 5) is 10.9. The highest BCUT2D eigenvalue weighted by Gasteiger charge is 1.95. The predicted molar refractivity (Wildman–Crippen MR) is 54.4 cm³/mol. The van der Waals surface area contributed by atoms with Crippen LogP contribution in [0.25, 0.3) is 0 Å². The number of allylic oxidation sites excluding steroid dienone is 3. The molecule has 0 aromatic carbocycles. The second kappa shape index (κ2) is 7.59. The number of hydrogen-bond acceptors (Lipinski definition) is 2. The van der Waals surface area contributed by atoms with Crippen LogP contribution in [0.3, 0.4) is 0 Å². The zero-order valence-electron chi connectivity index (χ0n) is 8.62. The molecule has 0 aromatic rings. The van der Waals surface area contributed by atoms with Crippen molar-refractivity contribution in [2.24, 2.45) is 5.92 Å². The third-order valence-corrected chi connectivity index (χ3v) is 1.57. The van der Waals surface area contributed by atoms with E-state index in [0.717, 1.165) is 6.42 Å². The van der Waals surface area contributed by atoms with E-state index in [9.17, 15) is 4.79 Å². The molecule has 0 saturated heterocycles. The van der Waals surface area contributed by atoms with Crippen molar-refractivity contribution in [3.63, 3.8) is 0 Å². The minimum atomic E-state index is -0.254. The number of esters is 1. The van der Waals surface area contributed by atoms with Crippen LogP contribution >= 0.6 is 0 Å². The van der Waals surface area contributed by atoms with E-state index in [4.69, 9.17) is 4.74 Å². The zero-order chi connectivity index (χ0) is 10.1. The lowest BCUT2D eigenvalue weighted by Gasteiger charge is -1.99. The number of rotatable bonds is 5. The fraction of sp³-hybridized carbons (Fsp3) is 0.545. The van der Waals surface area contributed by atoms with Crippen molar-refractivity contribution in [1.29, 1.82) is 0 Å². The molecule has 0 fully saturated rings. The maximum atomic E-state index is 10.9. The van der Waals surface area contributed by atoms with Crippen LogP contribution in [0.15, 0.2) is 24.3 Å². The number of ether oxygens (including phenoxy) is 1.